The second-order valence-corrected chi connectivity index (χ2v) is 2.74. The number of ether oxygens (including phenoxy) is 1. The van der Waals surface area contributed by atoms with Gasteiger partial charge in [0.2, 0.25) is 0 Å². The summed E-state index contributed by atoms with van der Waals surface area (Å²) in [4.78, 5) is 10.2. The van der Waals surface area contributed by atoms with Gasteiger partial charge in [0.05, 0.1) is 6.61 Å². The normalized spacial score (nSPS) is 9.50. The van der Waals surface area contributed by atoms with Crippen LogP contribution in [0.1, 0.15) is 12.5 Å². The largest absolute Gasteiger partial charge is 0.494 e. The van der Waals surface area contributed by atoms with Crippen molar-refractivity contribution < 1.29 is 14.6 Å². The Kier molecular flexibility index (Phi) is 3.79. The molecular formula is C10H13NO3. The van der Waals surface area contributed by atoms with E-state index >= 15 is 0 Å². The van der Waals surface area contributed by atoms with E-state index in [0.717, 1.165) is 11.3 Å². The number of amides is 1. The summed E-state index contributed by atoms with van der Waals surface area (Å²) in [6.45, 7) is 2.87. The van der Waals surface area contributed by atoms with Crippen molar-refractivity contribution in [2.24, 2.45) is 0 Å². The van der Waals surface area contributed by atoms with Crippen LogP contribution in [0.25, 0.3) is 0 Å². The first-order chi connectivity index (χ1) is 6.72. The van der Waals surface area contributed by atoms with Crippen molar-refractivity contribution in [2.45, 2.75) is 13.5 Å². The summed E-state index contributed by atoms with van der Waals surface area (Å²) in [5.41, 5.74) is 0.913. The van der Waals surface area contributed by atoms with Crippen molar-refractivity contribution in [3.63, 3.8) is 0 Å². The molecule has 1 amide bonds. The highest BCUT2D eigenvalue weighted by Crippen LogP contribution is 2.11. The van der Waals surface area contributed by atoms with E-state index < -0.39 is 6.09 Å². The molecule has 76 valence electrons. The Morgan fingerprint density at radius 1 is 1.43 bits per heavy atom. The molecule has 0 heterocycles. The molecule has 0 radical (unpaired) electrons. The first-order valence-corrected chi connectivity index (χ1v) is 4.41. The van der Waals surface area contributed by atoms with Crippen LogP contribution in [0, 0.1) is 0 Å². The maximum Gasteiger partial charge on any atom is 0.404 e. The molecular weight excluding hydrogens is 182 g/mol. The Bertz CT molecular complexity index is 295. The Hall–Kier alpha value is -1.71. The van der Waals surface area contributed by atoms with E-state index in [1.54, 1.807) is 0 Å². The first-order valence-electron chi connectivity index (χ1n) is 4.41. The van der Waals surface area contributed by atoms with Crippen molar-refractivity contribution in [1.29, 1.82) is 0 Å². The summed E-state index contributed by atoms with van der Waals surface area (Å²) in [5, 5.41) is 10.7. The van der Waals surface area contributed by atoms with Crippen LogP contribution in [0.3, 0.4) is 0 Å². The summed E-state index contributed by atoms with van der Waals surface area (Å²) in [7, 11) is 0. The Balaban J connectivity index is 2.50. The lowest BCUT2D eigenvalue weighted by molar-refractivity contribution is 0.194. The molecule has 0 fully saturated rings. The molecule has 1 rings (SSSR count). The highest BCUT2D eigenvalue weighted by atomic mass is 16.5. The summed E-state index contributed by atoms with van der Waals surface area (Å²) < 4.78 is 5.25. The number of carboxylic acid groups (broad SMARTS) is 1. The molecule has 1 aromatic carbocycles. The van der Waals surface area contributed by atoms with Crippen LogP contribution >= 0.6 is 0 Å². The third-order valence-electron chi connectivity index (χ3n) is 1.68. The number of carbonyl (C=O) groups is 1. The topological polar surface area (TPSA) is 58.6 Å². The highest BCUT2D eigenvalue weighted by Gasteiger charge is 1.97. The van der Waals surface area contributed by atoms with Gasteiger partial charge in [0.1, 0.15) is 5.75 Å². The average Bonchev–Trinajstić information content (AvgIpc) is 2.17. The fourth-order valence-electron chi connectivity index (χ4n) is 1.05. The fraction of sp³-hybridized carbons (Fsp3) is 0.300. The average molecular weight is 195 g/mol. The Labute approximate surface area is 82.5 Å². The molecule has 2 N–H and O–H groups in total. The highest BCUT2D eigenvalue weighted by molar-refractivity contribution is 5.64. The SMILES string of the molecule is CCOc1ccc(CNC(=O)O)cc1. The quantitative estimate of drug-likeness (QED) is 0.770. The number of rotatable bonds is 4. The van der Waals surface area contributed by atoms with Crippen molar-refractivity contribution in [3.05, 3.63) is 29.8 Å². The van der Waals surface area contributed by atoms with E-state index in [1.165, 1.54) is 0 Å². The first kappa shape index (κ1) is 10.4. The molecule has 0 spiro atoms. The van der Waals surface area contributed by atoms with E-state index in [9.17, 15) is 4.79 Å². The maximum atomic E-state index is 10.2. The van der Waals surface area contributed by atoms with Gasteiger partial charge < -0.3 is 15.2 Å². The van der Waals surface area contributed by atoms with Crippen molar-refractivity contribution in [3.8, 4) is 5.75 Å². The van der Waals surface area contributed by atoms with Crippen LogP contribution < -0.4 is 10.1 Å². The number of hydrogen-bond acceptors (Lipinski definition) is 2. The molecule has 0 aliphatic carbocycles. The maximum absolute atomic E-state index is 10.2. The van der Waals surface area contributed by atoms with Crippen LogP contribution in [0.4, 0.5) is 4.79 Å². The smallest absolute Gasteiger partial charge is 0.404 e. The number of benzene rings is 1. The fourth-order valence-corrected chi connectivity index (χ4v) is 1.05. The van der Waals surface area contributed by atoms with Crippen molar-refractivity contribution in [2.75, 3.05) is 6.61 Å². The Morgan fingerprint density at radius 3 is 2.57 bits per heavy atom. The van der Waals surface area contributed by atoms with E-state index in [4.69, 9.17) is 9.84 Å². The van der Waals surface area contributed by atoms with Crippen molar-refractivity contribution in [1.82, 2.24) is 5.32 Å². The van der Waals surface area contributed by atoms with Crippen molar-refractivity contribution >= 4 is 6.09 Å². The summed E-state index contributed by atoms with van der Waals surface area (Å²) in [5.74, 6) is 0.798. The minimum Gasteiger partial charge on any atom is -0.494 e. The molecule has 1 aromatic rings. The lowest BCUT2D eigenvalue weighted by Gasteiger charge is -2.04. The monoisotopic (exact) mass is 195 g/mol. The zero-order valence-electron chi connectivity index (χ0n) is 7.99. The number of hydrogen-bond donors (Lipinski definition) is 2. The van der Waals surface area contributed by atoms with E-state index in [1.807, 2.05) is 31.2 Å². The van der Waals surface area contributed by atoms with Gasteiger partial charge in [0, 0.05) is 6.54 Å². The van der Waals surface area contributed by atoms with Gasteiger partial charge in [-0.2, -0.15) is 0 Å². The van der Waals surface area contributed by atoms with Gasteiger partial charge >= 0.3 is 6.09 Å². The predicted octanol–water partition coefficient (Wildman–Crippen LogP) is 1.85. The zero-order chi connectivity index (χ0) is 10.4. The van der Waals surface area contributed by atoms with E-state index in [-0.39, 0.29) is 0 Å². The van der Waals surface area contributed by atoms with Gasteiger partial charge in [-0.15, -0.1) is 0 Å². The third kappa shape index (κ3) is 3.35. The molecule has 4 nitrogen and oxygen atoms in total. The number of nitrogens with one attached hydrogen (secondary N) is 1. The van der Waals surface area contributed by atoms with E-state index in [0.29, 0.717) is 13.2 Å². The molecule has 0 bridgehead atoms. The molecule has 0 saturated heterocycles. The van der Waals surface area contributed by atoms with Gasteiger partial charge in [-0.1, -0.05) is 12.1 Å². The molecule has 0 unspecified atom stereocenters. The molecule has 0 aromatic heterocycles. The van der Waals surface area contributed by atoms with Crippen LogP contribution in [0.2, 0.25) is 0 Å². The summed E-state index contributed by atoms with van der Waals surface area (Å²) in [6, 6.07) is 7.31. The molecule has 0 atom stereocenters. The predicted molar refractivity (Wildman–Crippen MR) is 52.5 cm³/mol. The standard InChI is InChI=1S/C10H13NO3/c1-2-14-9-5-3-8(4-6-9)7-11-10(12)13/h3-6,11H,2,7H2,1H3,(H,12,13). The Morgan fingerprint density at radius 2 is 2.07 bits per heavy atom. The van der Waals surface area contributed by atoms with Gasteiger partial charge in [0.15, 0.2) is 0 Å². The molecule has 14 heavy (non-hydrogen) atoms. The lowest BCUT2D eigenvalue weighted by atomic mass is 10.2. The minimum absolute atomic E-state index is 0.321. The second kappa shape index (κ2) is 5.11. The van der Waals surface area contributed by atoms with Gasteiger partial charge in [-0.25, -0.2) is 4.79 Å². The van der Waals surface area contributed by atoms with Gasteiger partial charge in [-0.05, 0) is 24.6 Å². The van der Waals surface area contributed by atoms with Gasteiger partial charge in [0.25, 0.3) is 0 Å². The summed E-state index contributed by atoms with van der Waals surface area (Å²) in [6.07, 6.45) is -1.01. The molecule has 0 saturated carbocycles. The van der Waals surface area contributed by atoms with Crippen LogP contribution in [0.5, 0.6) is 5.75 Å². The second-order valence-electron chi connectivity index (χ2n) is 2.74. The molecule has 0 aliphatic rings. The third-order valence-corrected chi connectivity index (χ3v) is 1.68. The van der Waals surface area contributed by atoms with Crippen LogP contribution in [-0.4, -0.2) is 17.8 Å². The minimum atomic E-state index is -1.01. The lowest BCUT2D eigenvalue weighted by Crippen LogP contribution is -2.19. The molecule has 0 aliphatic heterocycles. The zero-order valence-corrected chi connectivity index (χ0v) is 7.99. The van der Waals surface area contributed by atoms with E-state index in [2.05, 4.69) is 5.32 Å². The summed E-state index contributed by atoms with van der Waals surface area (Å²) >= 11 is 0. The molecule has 4 heteroatoms. The van der Waals surface area contributed by atoms with Crippen LogP contribution in [0.15, 0.2) is 24.3 Å². The van der Waals surface area contributed by atoms with Gasteiger partial charge in [-0.3, -0.25) is 0 Å². The van der Waals surface area contributed by atoms with Crippen LogP contribution in [-0.2, 0) is 6.54 Å².